The molecule has 3 aromatic rings. The van der Waals surface area contributed by atoms with Crippen molar-refractivity contribution >= 4 is 5.91 Å². The first-order valence-electron chi connectivity index (χ1n) is 8.38. The van der Waals surface area contributed by atoms with Gasteiger partial charge in [0.05, 0.1) is 6.54 Å². The molecule has 0 radical (unpaired) electrons. The molecule has 132 valence electrons. The number of hydrogen-bond acceptors (Lipinski definition) is 2. The molecule has 1 amide bonds. The summed E-state index contributed by atoms with van der Waals surface area (Å²) in [6, 6.07) is 23.0. The fourth-order valence-electron chi connectivity index (χ4n) is 2.74. The first-order chi connectivity index (χ1) is 12.5. The number of hydrogen-bond donors (Lipinski definition) is 2. The van der Waals surface area contributed by atoms with Crippen LogP contribution in [0, 0.1) is 5.82 Å². The molecule has 0 heterocycles. The molecule has 3 rings (SSSR count). The molecule has 4 heteroatoms. The number of amides is 1. The minimum Gasteiger partial charge on any atom is -0.384 e. The van der Waals surface area contributed by atoms with Crippen LogP contribution < -0.4 is 5.32 Å². The van der Waals surface area contributed by atoms with E-state index in [1.807, 2.05) is 54.6 Å². The molecular weight excluding hydrogens is 329 g/mol. The molecule has 0 saturated carbocycles. The lowest BCUT2D eigenvalue weighted by atomic mass is 9.93. The van der Waals surface area contributed by atoms with Gasteiger partial charge in [0.1, 0.15) is 11.4 Å². The Morgan fingerprint density at radius 1 is 0.962 bits per heavy atom. The molecule has 0 aliphatic heterocycles. The van der Waals surface area contributed by atoms with Crippen LogP contribution in [-0.4, -0.2) is 17.6 Å². The zero-order valence-corrected chi connectivity index (χ0v) is 14.4. The van der Waals surface area contributed by atoms with Crippen molar-refractivity contribution in [3.05, 3.63) is 95.8 Å². The first kappa shape index (κ1) is 17.8. The predicted octanol–water partition coefficient (Wildman–Crippen LogP) is 4.13. The van der Waals surface area contributed by atoms with E-state index in [-0.39, 0.29) is 12.1 Å². The second kappa shape index (κ2) is 7.50. The molecule has 1 atom stereocenters. The number of benzene rings is 3. The van der Waals surface area contributed by atoms with Gasteiger partial charge in [0.25, 0.3) is 5.91 Å². The summed E-state index contributed by atoms with van der Waals surface area (Å²) < 4.78 is 13.2. The number of halogens is 1. The molecule has 0 aliphatic rings. The molecule has 3 aromatic carbocycles. The maximum absolute atomic E-state index is 13.2. The number of rotatable bonds is 5. The Balaban J connectivity index is 1.69. The highest BCUT2D eigenvalue weighted by atomic mass is 19.1. The Morgan fingerprint density at radius 2 is 1.62 bits per heavy atom. The Labute approximate surface area is 152 Å². The smallest absolute Gasteiger partial charge is 0.251 e. The topological polar surface area (TPSA) is 49.3 Å². The number of nitrogens with one attached hydrogen (secondary N) is 1. The Hall–Kier alpha value is -2.98. The third kappa shape index (κ3) is 4.16. The molecule has 0 fully saturated rings. The van der Waals surface area contributed by atoms with E-state index in [0.29, 0.717) is 5.56 Å². The maximum Gasteiger partial charge on any atom is 0.251 e. The monoisotopic (exact) mass is 349 g/mol. The SMILES string of the molecule is CC(O)(CNC(=O)c1cccc(F)c1)c1ccc(-c2ccccc2)cc1. The van der Waals surface area contributed by atoms with E-state index in [2.05, 4.69) is 5.32 Å². The van der Waals surface area contributed by atoms with Crippen molar-refractivity contribution in [2.24, 2.45) is 0 Å². The van der Waals surface area contributed by atoms with E-state index < -0.39 is 17.3 Å². The molecule has 1 unspecified atom stereocenters. The van der Waals surface area contributed by atoms with Crippen molar-refractivity contribution in [1.82, 2.24) is 5.32 Å². The summed E-state index contributed by atoms with van der Waals surface area (Å²) in [5.74, 6) is -0.897. The van der Waals surface area contributed by atoms with Crippen LogP contribution in [0.2, 0.25) is 0 Å². The first-order valence-corrected chi connectivity index (χ1v) is 8.38. The lowest BCUT2D eigenvalue weighted by Gasteiger charge is -2.24. The molecule has 0 aromatic heterocycles. The van der Waals surface area contributed by atoms with E-state index in [1.54, 1.807) is 6.92 Å². The van der Waals surface area contributed by atoms with Crippen molar-refractivity contribution in [2.75, 3.05) is 6.54 Å². The molecule has 0 bridgehead atoms. The minimum absolute atomic E-state index is 0.0209. The lowest BCUT2D eigenvalue weighted by molar-refractivity contribution is 0.0526. The van der Waals surface area contributed by atoms with Crippen molar-refractivity contribution in [3.63, 3.8) is 0 Å². The summed E-state index contributed by atoms with van der Waals surface area (Å²) in [6.07, 6.45) is 0. The summed E-state index contributed by atoms with van der Waals surface area (Å²) in [5.41, 5.74) is 1.82. The Kier molecular flexibility index (Phi) is 5.14. The van der Waals surface area contributed by atoms with E-state index in [9.17, 15) is 14.3 Å². The van der Waals surface area contributed by atoms with Gasteiger partial charge < -0.3 is 10.4 Å². The third-order valence-corrected chi connectivity index (χ3v) is 4.29. The fourth-order valence-corrected chi connectivity index (χ4v) is 2.74. The van der Waals surface area contributed by atoms with Crippen molar-refractivity contribution in [2.45, 2.75) is 12.5 Å². The standard InChI is InChI=1S/C22H20FNO2/c1-22(26,15-24-21(25)18-8-5-9-20(23)14-18)19-12-10-17(11-13-19)16-6-3-2-4-7-16/h2-14,26H,15H2,1H3,(H,24,25). The van der Waals surface area contributed by atoms with Crippen LogP contribution >= 0.6 is 0 Å². The molecule has 26 heavy (non-hydrogen) atoms. The van der Waals surface area contributed by atoms with E-state index in [4.69, 9.17) is 0 Å². The molecule has 0 spiro atoms. The quantitative estimate of drug-likeness (QED) is 0.728. The van der Waals surface area contributed by atoms with Gasteiger partial charge in [-0.05, 0) is 41.8 Å². The summed E-state index contributed by atoms with van der Waals surface area (Å²) in [7, 11) is 0. The van der Waals surface area contributed by atoms with Gasteiger partial charge in [-0.1, -0.05) is 60.7 Å². The number of carbonyl (C=O) groups excluding carboxylic acids is 1. The molecule has 0 aliphatic carbocycles. The van der Waals surface area contributed by atoms with Crippen LogP contribution in [0.3, 0.4) is 0 Å². The van der Waals surface area contributed by atoms with E-state index in [1.165, 1.54) is 24.3 Å². The van der Waals surface area contributed by atoms with Gasteiger partial charge in [-0.2, -0.15) is 0 Å². The normalized spacial score (nSPS) is 13.0. The maximum atomic E-state index is 13.2. The average Bonchev–Trinajstić information content (AvgIpc) is 2.67. The second-order valence-electron chi connectivity index (χ2n) is 6.41. The van der Waals surface area contributed by atoms with Crippen molar-refractivity contribution in [1.29, 1.82) is 0 Å². The van der Waals surface area contributed by atoms with E-state index in [0.717, 1.165) is 11.1 Å². The summed E-state index contributed by atoms with van der Waals surface area (Å²) >= 11 is 0. The third-order valence-electron chi connectivity index (χ3n) is 4.29. The van der Waals surface area contributed by atoms with Crippen LogP contribution in [-0.2, 0) is 5.60 Å². The lowest BCUT2D eigenvalue weighted by Crippen LogP contribution is -2.38. The van der Waals surface area contributed by atoms with Crippen LogP contribution in [0.4, 0.5) is 4.39 Å². The van der Waals surface area contributed by atoms with Gasteiger partial charge in [0.15, 0.2) is 0 Å². The summed E-state index contributed by atoms with van der Waals surface area (Å²) in [5, 5.41) is 13.4. The van der Waals surface area contributed by atoms with E-state index >= 15 is 0 Å². The predicted molar refractivity (Wildman–Crippen MR) is 100 cm³/mol. The summed E-state index contributed by atoms with van der Waals surface area (Å²) in [6.45, 7) is 1.66. The van der Waals surface area contributed by atoms with Crippen LogP contribution in [0.5, 0.6) is 0 Å². The number of aliphatic hydroxyl groups is 1. The van der Waals surface area contributed by atoms with Gasteiger partial charge in [0.2, 0.25) is 0 Å². The van der Waals surface area contributed by atoms with Crippen LogP contribution in [0.25, 0.3) is 11.1 Å². The fraction of sp³-hybridized carbons (Fsp3) is 0.136. The van der Waals surface area contributed by atoms with Crippen molar-refractivity contribution in [3.8, 4) is 11.1 Å². The molecular formula is C22H20FNO2. The highest BCUT2D eigenvalue weighted by Crippen LogP contribution is 2.24. The number of carbonyl (C=O) groups is 1. The van der Waals surface area contributed by atoms with Crippen LogP contribution in [0.1, 0.15) is 22.8 Å². The highest BCUT2D eigenvalue weighted by Gasteiger charge is 2.24. The average molecular weight is 349 g/mol. The largest absolute Gasteiger partial charge is 0.384 e. The minimum atomic E-state index is -1.24. The summed E-state index contributed by atoms with van der Waals surface area (Å²) in [4.78, 5) is 12.1. The van der Waals surface area contributed by atoms with Gasteiger partial charge in [-0.3, -0.25) is 4.79 Å². The van der Waals surface area contributed by atoms with Gasteiger partial charge >= 0.3 is 0 Å². The molecule has 0 saturated heterocycles. The van der Waals surface area contributed by atoms with Crippen molar-refractivity contribution < 1.29 is 14.3 Å². The highest BCUT2D eigenvalue weighted by molar-refractivity contribution is 5.94. The Bertz CT molecular complexity index is 890. The zero-order chi connectivity index (χ0) is 18.6. The van der Waals surface area contributed by atoms with Gasteiger partial charge in [0, 0.05) is 5.56 Å². The molecule has 3 nitrogen and oxygen atoms in total. The Morgan fingerprint density at radius 3 is 2.27 bits per heavy atom. The zero-order valence-electron chi connectivity index (χ0n) is 14.4. The second-order valence-corrected chi connectivity index (χ2v) is 6.41. The van der Waals surface area contributed by atoms with Gasteiger partial charge in [-0.25, -0.2) is 4.39 Å². The van der Waals surface area contributed by atoms with Crippen LogP contribution in [0.15, 0.2) is 78.9 Å². The molecule has 2 N–H and O–H groups in total. The van der Waals surface area contributed by atoms with Gasteiger partial charge in [-0.15, -0.1) is 0 Å².